The maximum atomic E-state index is 12.4. The lowest BCUT2D eigenvalue weighted by molar-refractivity contribution is -0.151. The van der Waals surface area contributed by atoms with Crippen LogP contribution in [0.4, 0.5) is 0 Å². The molecule has 0 amide bonds. The number of hydrogen-bond donors (Lipinski definition) is 0. The van der Waals surface area contributed by atoms with Crippen molar-refractivity contribution in [3.63, 3.8) is 0 Å². The van der Waals surface area contributed by atoms with E-state index in [1.54, 1.807) is 11.3 Å². The SMILES string of the molecule is Cc1nc2c(s1)C=CC(C)(C(=O)OCc1ccccc1)C=C2. The Morgan fingerprint density at radius 2 is 1.95 bits per heavy atom. The van der Waals surface area contributed by atoms with Crippen LogP contribution in [0.2, 0.25) is 0 Å². The smallest absolute Gasteiger partial charge is 0.319 e. The number of thiazole rings is 1. The molecule has 22 heavy (non-hydrogen) atoms. The average molecular weight is 311 g/mol. The lowest BCUT2D eigenvalue weighted by atomic mass is 9.90. The van der Waals surface area contributed by atoms with Crippen LogP contribution in [0, 0.1) is 12.3 Å². The Kier molecular flexibility index (Phi) is 3.94. The van der Waals surface area contributed by atoms with E-state index in [2.05, 4.69) is 4.98 Å². The van der Waals surface area contributed by atoms with Gasteiger partial charge in [0.25, 0.3) is 0 Å². The zero-order valence-electron chi connectivity index (χ0n) is 12.6. The molecule has 2 aromatic rings. The summed E-state index contributed by atoms with van der Waals surface area (Å²) >= 11 is 1.62. The van der Waals surface area contributed by atoms with E-state index < -0.39 is 5.41 Å². The molecule has 4 heteroatoms. The minimum atomic E-state index is -0.761. The number of hydrogen-bond acceptors (Lipinski definition) is 4. The third kappa shape index (κ3) is 3.02. The molecule has 3 rings (SSSR count). The number of rotatable bonds is 3. The minimum absolute atomic E-state index is 0.254. The number of carbonyl (C=O) groups excluding carboxylic acids is 1. The van der Waals surface area contributed by atoms with E-state index in [1.165, 1.54) is 0 Å². The summed E-state index contributed by atoms with van der Waals surface area (Å²) in [6, 6.07) is 9.69. The Hall–Kier alpha value is -2.20. The van der Waals surface area contributed by atoms with Gasteiger partial charge in [-0.2, -0.15) is 0 Å². The Morgan fingerprint density at radius 1 is 1.23 bits per heavy atom. The Bertz CT molecular complexity index is 712. The minimum Gasteiger partial charge on any atom is -0.460 e. The Morgan fingerprint density at radius 3 is 2.73 bits per heavy atom. The van der Waals surface area contributed by atoms with Crippen LogP contribution in [0.15, 0.2) is 42.5 Å². The van der Waals surface area contributed by atoms with Crippen LogP contribution < -0.4 is 0 Å². The molecule has 0 saturated carbocycles. The second-order valence-corrected chi connectivity index (χ2v) is 6.73. The van der Waals surface area contributed by atoms with E-state index in [9.17, 15) is 4.79 Å². The largest absolute Gasteiger partial charge is 0.460 e. The molecule has 0 saturated heterocycles. The summed E-state index contributed by atoms with van der Waals surface area (Å²) in [6.45, 7) is 4.13. The number of aryl methyl sites for hydroxylation is 1. The van der Waals surface area contributed by atoms with E-state index in [0.717, 1.165) is 21.1 Å². The second-order valence-electron chi connectivity index (χ2n) is 5.49. The molecule has 1 heterocycles. The molecule has 0 radical (unpaired) electrons. The lowest BCUT2D eigenvalue weighted by Gasteiger charge is -2.19. The van der Waals surface area contributed by atoms with Gasteiger partial charge in [-0.1, -0.05) is 42.5 Å². The second kappa shape index (κ2) is 5.89. The number of fused-ring (bicyclic) bond motifs is 1. The van der Waals surface area contributed by atoms with Crippen molar-refractivity contribution < 1.29 is 9.53 Å². The van der Waals surface area contributed by atoms with E-state index >= 15 is 0 Å². The number of carbonyl (C=O) groups is 1. The van der Waals surface area contributed by atoms with E-state index in [0.29, 0.717) is 0 Å². The van der Waals surface area contributed by atoms with Gasteiger partial charge in [0.05, 0.1) is 15.6 Å². The Labute approximate surface area is 134 Å². The van der Waals surface area contributed by atoms with Crippen molar-refractivity contribution in [3.8, 4) is 0 Å². The van der Waals surface area contributed by atoms with Crippen LogP contribution in [0.25, 0.3) is 12.2 Å². The van der Waals surface area contributed by atoms with Gasteiger partial charge in [-0.3, -0.25) is 4.79 Å². The first kappa shape index (κ1) is 14.7. The molecular weight excluding hydrogens is 294 g/mol. The molecule has 1 unspecified atom stereocenters. The van der Waals surface area contributed by atoms with Crippen molar-refractivity contribution >= 4 is 29.5 Å². The van der Waals surface area contributed by atoms with Crippen LogP contribution in [0.5, 0.6) is 0 Å². The summed E-state index contributed by atoms with van der Waals surface area (Å²) in [5, 5.41) is 1.02. The van der Waals surface area contributed by atoms with Crippen molar-refractivity contribution in [2.45, 2.75) is 20.5 Å². The van der Waals surface area contributed by atoms with Gasteiger partial charge in [-0.25, -0.2) is 4.98 Å². The van der Waals surface area contributed by atoms with Gasteiger partial charge in [0.1, 0.15) is 12.0 Å². The molecule has 0 spiro atoms. The van der Waals surface area contributed by atoms with E-state index in [4.69, 9.17) is 4.74 Å². The number of ether oxygens (including phenoxy) is 1. The molecule has 112 valence electrons. The highest BCUT2D eigenvalue weighted by atomic mass is 32.1. The van der Waals surface area contributed by atoms with Gasteiger partial charge in [0.15, 0.2) is 0 Å². The highest BCUT2D eigenvalue weighted by molar-refractivity contribution is 7.12. The van der Waals surface area contributed by atoms with Crippen LogP contribution >= 0.6 is 11.3 Å². The van der Waals surface area contributed by atoms with Crippen molar-refractivity contribution in [2.24, 2.45) is 5.41 Å². The van der Waals surface area contributed by atoms with E-state index in [-0.39, 0.29) is 12.6 Å². The fraction of sp³-hybridized carbons (Fsp3) is 0.222. The lowest BCUT2D eigenvalue weighted by Crippen LogP contribution is -2.25. The Balaban J connectivity index is 1.74. The van der Waals surface area contributed by atoms with Crippen molar-refractivity contribution in [2.75, 3.05) is 0 Å². The topological polar surface area (TPSA) is 39.2 Å². The van der Waals surface area contributed by atoms with Gasteiger partial charge in [-0.15, -0.1) is 11.3 Å². The quantitative estimate of drug-likeness (QED) is 0.796. The molecule has 1 atom stereocenters. The molecule has 0 aliphatic heterocycles. The van der Waals surface area contributed by atoms with Crippen LogP contribution in [-0.2, 0) is 16.1 Å². The maximum Gasteiger partial charge on any atom is 0.319 e. The standard InChI is InChI=1S/C18H17NO2S/c1-13-19-15-8-10-18(2,11-9-16(15)22-13)17(20)21-12-14-6-4-3-5-7-14/h3-11H,12H2,1-2H3. The maximum absolute atomic E-state index is 12.4. The predicted octanol–water partition coefficient (Wildman–Crippen LogP) is 4.24. The summed E-state index contributed by atoms with van der Waals surface area (Å²) in [6.07, 6.45) is 7.62. The summed E-state index contributed by atoms with van der Waals surface area (Å²) in [7, 11) is 0. The molecule has 0 bridgehead atoms. The molecule has 1 aromatic heterocycles. The predicted molar refractivity (Wildman–Crippen MR) is 89.3 cm³/mol. The summed E-state index contributed by atoms with van der Waals surface area (Å²) < 4.78 is 5.47. The molecule has 1 aromatic carbocycles. The zero-order chi connectivity index (χ0) is 15.6. The molecule has 1 aliphatic rings. The molecule has 3 nitrogen and oxygen atoms in total. The van der Waals surface area contributed by atoms with Gasteiger partial charge in [0, 0.05) is 0 Å². The number of esters is 1. The van der Waals surface area contributed by atoms with Crippen LogP contribution in [0.3, 0.4) is 0 Å². The third-order valence-corrected chi connectivity index (χ3v) is 4.56. The fourth-order valence-corrected chi connectivity index (χ4v) is 3.09. The van der Waals surface area contributed by atoms with Crippen LogP contribution in [0.1, 0.15) is 28.1 Å². The normalized spacial score (nSPS) is 19.5. The fourth-order valence-electron chi connectivity index (χ4n) is 2.27. The van der Waals surface area contributed by atoms with Crippen molar-refractivity contribution in [1.82, 2.24) is 4.98 Å². The first-order valence-corrected chi connectivity index (χ1v) is 7.95. The molecule has 0 N–H and O–H groups in total. The number of nitrogens with zero attached hydrogens (tertiary/aromatic N) is 1. The van der Waals surface area contributed by atoms with Gasteiger partial charge in [0.2, 0.25) is 0 Å². The third-order valence-electron chi connectivity index (χ3n) is 3.61. The monoisotopic (exact) mass is 311 g/mol. The van der Waals surface area contributed by atoms with Crippen molar-refractivity contribution in [3.05, 3.63) is 63.6 Å². The first-order valence-electron chi connectivity index (χ1n) is 7.14. The summed E-state index contributed by atoms with van der Waals surface area (Å²) in [5.74, 6) is -0.254. The van der Waals surface area contributed by atoms with E-state index in [1.807, 2.05) is 68.5 Å². The molecule has 1 aliphatic carbocycles. The first-order chi connectivity index (χ1) is 10.6. The summed E-state index contributed by atoms with van der Waals surface area (Å²) in [4.78, 5) is 18.0. The number of benzene rings is 1. The molecular formula is C18H17NO2S. The number of aromatic nitrogens is 1. The molecule has 0 fully saturated rings. The highest BCUT2D eigenvalue weighted by Gasteiger charge is 2.31. The summed E-state index contributed by atoms with van der Waals surface area (Å²) in [5.41, 5.74) is 1.14. The van der Waals surface area contributed by atoms with Crippen LogP contribution in [-0.4, -0.2) is 11.0 Å². The van der Waals surface area contributed by atoms with Gasteiger partial charge >= 0.3 is 5.97 Å². The van der Waals surface area contributed by atoms with Crippen molar-refractivity contribution in [1.29, 1.82) is 0 Å². The highest BCUT2D eigenvalue weighted by Crippen LogP contribution is 2.32. The van der Waals surface area contributed by atoms with Gasteiger partial charge < -0.3 is 4.74 Å². The average Bonchev–Trinajstić information content (AvgIpc) is 2.82. The zero-order valence-corrected chi connectivity index (χ0v) is 13.4. The van der Waals surface area contributed by atoms with Gasteiger partial charge in [-0.05, 0) is 31.6 Å².